The molecule has 1 atom stereocenters. The zero-order valence-electron chi connectivity index (χ0n) is 15.8. The maximum absolute atomic E-state index is 9.57. The van der Waals surface area contributed by atoms with Gasteiger partial charge < -0.3 is 20.1 Å². The van der Waals surface area contributed by atoms with Crippen LogP contribution in [0.3, 0.4) is 0 Å². The van der Waals surface area contributed by atoms with Gasteiger partial charge in [-0.05, 0) is 31.0 Å². The summed E-state index contributed by atoms with van der Waals surface area (Å²) in [4.78, 5) is 7.01. The Morgan fingerprint density at radius 2 is 2.30 bits per heavy atom. The number of aryl methyl sites for hydroxylation is 1. The molecule has 3 rings (SSSR count). The van der Waals surface area contributed by atoms with E-state index in [9.17, 15) is 5.11 Å². The summed E-state index contributed by atoms with van der Waals surface area (Å²) in [5.41, 5.74) is 2.17. The standard InChI is InChI=1S/C19H27N5O2.HI/c1-3-20-19(21-8-7-15-5-4-6-17(25)11-15)24-9-10-26-18(14-24)16-12-22-23(2)13-16;/h4-6,11-13,18,25H,3,7-10,14H2,1-2H3,(H,20,21);1H. The number of hydrogen-bond donors (Lipinski definition) is 2. The molecule has 0 amide bonds. The van der Waals surface area contributed by atoms with E-state index in [1.165, 1.54) is 0 Å². The van der Waals surface area contributed by atoms with Crippen LogP contribution >= 0.6 is 24.0 Å². The molecule has 8 heteroatoms. The van der Waals surface area contributed by atoms with Crippen LogP contribution in [0.4, 0.5) is 0 Å². The number of ether oxygens (including phenoxy) is 1. The van der Waals surface area contributed by atoms with Gasteiger partial charge in [-0.2, -0.15) is 5.10 Å². The number of halogens is 1. The average molecular weight is 485 g/mol. The number of phenolic OH excluding ortho intramolecular Hbond substituents is 1. The lowest BCUT2D eigenvalue weighted by molar-refractivity contribution is -0.00803. The van der Waals surface area contributed by atoms with Crippen molar-refractivity contribution in [2.75, 3.05) is 32.8 Å². The molecule has 148 valence electrons. The van der Waals surface area contributed by atoms with E-state index in [4.69, 9.17) is 9.73 Å². The van der Waals surface area contributed by atoms with Gasteiger partial charge in [-0.1, -0.05) is 12.1 Å². The molecule has 1 fully saturated rings. The molecule has 1 aliphatic rings. The van der Waals surface area contributed by atoms with Gasteiger partial charge in [0.15, 0.2) is 5.96 Å². The molecule has 27 heavy (non-hydrogen) atoms. The maximum Gasteiger partial charge on any atom is 0.194 e. The number of aromatic hydroxyl groups is 1. The van der Waals surface area contributed by atoms with Crippen LogP contribution in [0.5, 0.6) is 5.75 Å². The number of guanidine groups is 1. The Labute approximate surface area is 177 Å². The van der Waals surface area contributed by atoms with Crippen LogP contribution in [0.15, 0.2) is 41.7 Å². The summed E-state index contributed by atoms with van der Waals surface area (Å²) >= 11 is 0. The fourth-order valence-electron chi connectivity index (χ4n) is 3.08. The fourth-order valence-corrected chi connectivity index (χ4v) is 3.08. The maximum atomic E-state index is 9.57. The van der Waals surface area contributed by atoms with Gasteiger partial charge in [-0.25, -0.2) is 0 Å². The number of aliphatic imine (C=N–C) groups is 1. The monoisotopic (exact) mass is 485 g/mol. The molecule has 7 nitrogen and oxygen atoms in total. The topological polar surface area (TPSA) is 74.9 Å². The molecule has 1 aromatic carbocycles. The Kier molecular flexibility index (Phi) is 8.36. The van der Waals surface area contributed by atoms with E-state index >= 15 is 0 Å². The predicted molar refractivity (Wildman–Crippen MR) is 117 cm³/mol. The second-order valence-corrected chi connectivity index (χ2v) is 6.41. The summed E-state index contributed by atoms with van der Waals surface area (Å²) in [7, 11) is 1.91. The second-order valence-electron chi connectivity index (χ2n) is 6.41. The Morgan fingerprint density at radius 3 is 3.00 bits per heavy atom. The number of morpholine rings is 1. The molecule has 1 aromatic heterocycles. The van der Waals surface area contributed by atoms with Crippen molar-refractivity contribution < 1.29 is 9.84 Å². The van der Waals surface area contributed by atoms with Crippen LogP contribution in [0.25, 0.3) is 0 Å². The number of phenols is 1. The van der Waals surface area contributed by atoms with Crippen molar-refractivity contribution in [2.45, 2.75) is 19.4 Å². The summed E-state index contributed by atoms with van der Waals surface area (Å²) in [5.74, 6) is 1.20. The molecular formula is C19H28IN5O2. The van der Waals surface area contributed by atoms with Gasteiger partial charge in [-0.15, -0.1) is 24.0 Å². The number of nitrogens with one attached hydrogen (secondary N) is 1. The molecule has 1 saturated heterocycles. The molecule has 1 unspecified atom stereocenters. The summed E-state index contributed by atoms with van der Waals surface area (Å²) in [6.07, 6.45) is 4.66. The van der Waals surface area contributed by atoms with Crippen LogP contribution in [0.2, 0.25) is 0 Å². The number of benzene rings is 1. The first-order valence-corrected chi connectivity index (χ1v) is 9.07. The van der Waals surface area contributed by atoms with E-state index < -0.39 is 0 Å². The highest BCUT2D eigenvalue weighted by molar-refractivity contribution is 14.0. The smallest absolute Gasteiger partial charge is 0.194 e. The lowest BCUT2D eigenvalue weighted by atomic mass is 10.1. The summed E-state index contributed by atoms with van der Waals surface area (Å²) in [6, 6.07) is 7.34. The minimum Gasteiger partial charge on any atom is -0.508 e. The number of hydrogen-bond acceptors (Lipinski definition) is 4. The summed E-state index contributed by atoms with van der Waals surface area (Å²) in [5, 5.41) is 17.2. The van der Waals surface area contributed by atoms with E-state index in [2.05, 4.69) is 22.2 Å². The molecule has 0 radical (unpaired) electrons. The molecule has 0 saturated carbocycles. The van der Waals surface area contributed by atoms with Crippen LogP contribution in [0.1, 0.15) is 24.2 Å². The first-order valence-electron chi connectivity index (χ1n) is 9.07. The number of aromatic nitrogens is 2. The van der Waals surface area contributed by atoms with E-state index in [0.717, 1.165) is 43.1 Å². The van der Waals surface area contributed by atoms with E-state index in [0.29, 0.717) is 18.9 Å². The first kappa shape index (κ1) is 21.5. The van der Waals surface area contributed by atoms with Gasteiger partial charge >= 0.3 is 0 Å². The summed E-state index contributed by atoms with van der Waals surface area (Å²) in [6.45, 7) is 5.79. The van der Waals surface area contributed by atoms with Crippen molar-refractivity contribution in [1.29, 1.82) is 0 Å². The predicted octanol–water partition coefficient (Wildman–Crippen LogP) is 2.33. The third-order valence-electron chi connectivity index (χ3n) is 4.37. The Balaban J connectivity index is 0.00000261. The molecule has 1 aliphatic heterocycles. The molecule has 2 aromatic rings. The average Bonchev–Trinajstić information content (AvgIpc) is 3.08. The normalized spacial score (nSPS) is 17.5. The van der Waals surface area contributed by atoms with E-state index in [1.807, 2.05) is 31.6 Å². The lowest BCUT2D eigenvalue weighted by Gasteiger charge is -2.34. The number of nitrogens with zero attached hydrogens (tertiary/aromatic N) is 4. The van der Waals surface area contributed by atoms with Gasteiger partial charge in [0.1, 0.15) is 11.9 Å². The third kappa shape index (κ3) is 6.10. The molecular weight excluding hydrogens is 457 g/mol. The SMILES string of the molecule is CCNC(=NCCc1cccc(O)c1)N1CCOC(c2cnn(C)c2)C1.I. The van der Waals surface area contributed by atoms with Gasteiger partial charge in [0.25, 0.3) is 0 Å². The minimum atomic E-state index is 0. The first-order chi connectivity index (χ1) is 12.7. The van der Waals surface area contributed by atoms with Crippen LogP contribution < -0.4 is 5.32 Å². The third-order valence-corrected chi connectivity index (χ3v) is 4.37. The zero-order chi connectivity index (χ0) is 18.4. The van der Waals surface area contributed by atoms with E-state index in [-0.39, 0.29) is 30.1 Å². The Morgan fingerprint density at radius 1 is 1.44 bits per heavy atom. The quantitative estimate of drug-likeness (QED) is 0.387. The Bertz CT molecular complexity index is 749. The highest BCUT2D eigenvalue weighted by Gasteiger charge is 2.25. The van der Waals surface area contributed by atoms with Gasteiger partial charge in [0.2, 0.25) is 0 Å². The fraction of sp³-hybridized carbons (Fsp3) is 0.474. The van der Waals surface area contributed by atoms with Crippen molar-refractivity contribution in [1.82, 2.24) is 20.0 Å². The van der Waals surface area contributed by atoms with Crippen LogP contribution in [-0.2, 0) is 18.2 Å². The highest BCUT2D eigenvalue weighted by atomic mass is 127. The lowest BCUT2D eigenvalue weighted by Crippen LogP contribution is -2.48. The number of rotatable bonds is 5. The van der Waals surface area contributed by atoms with Crippen LogP contribution in [0, 0.1) is 0 Å². The summed E-state index contributed by atoms with van der Waals surface area (Å²) < 4.78 is 7.72. The van der Waals surface area contributed by atoms with Crippen molar-refractivity contribution in [3.63, 3.8) is 0 Å². The molecule has 0 aliphatic carbocycles. The van der Waals surface area contributed by atoms with Crippen molar-refractivity contribution in [3.8, 4) is 5.75 Å². The molecule has 2 heterocycles. The van der Waals surface area contributed by atoms with Crippen molar-refractivity contribution in [2.24, 2.45) is 12.0 Å². The van der Waals surface area contributed by atoms with E-state index in [1.54, 1.807) is 16.8 Å². The van der Waals surface area contributed by atoms with Gasteiger partial charge in [0, 0.05) is 38.4 Å². The molecule has 0 spiro atoms. The second kappa shape index (κ2) is 10.5. The van der Waals surface area contributed by atoms with Gasteiger partial charge in [0.05, 0.1) is 19.3 Å². The molecule has 0 bridgehead atoms. The Hall–Kier alpha value is -1.81. The van der Waals surface area contributed by atoms with Crippen molar-refractivity contribution in [3.05, 3.63) is 47.8 Å². The zero-order valence-corrected chi connectivity index (χ0v) is 18.2. The van der Waals surface area contributed by atoms with Gasteiger partial charge in [-0.3, -0.25) is 9.67 Å². The largest absolute Gasteiger partial charge is 0.508 e. The molecule has 2 N–H and O–H groups in total. The highest BCUT2D eigenvalue weighted by Crippen LogP contribution is 2.21. The van der Waals surface area contributed by atoms with Crippen LogP contribution in [-0.4, -0.2) is 58.5 Å². The van der Waals surface area contributed by atoms with Crippen molar-refractivity contribution >= 4 is 29.9 Å². The minimum absolute atomic E-state index is 0.